The molecule has 0 heterocycles. The first kappa shape index (κ1) is 22.8. The molecule has 8 nitrogen and oxygen atoms in total. The van der Waals surface area contributed by atoms with E-state index in [1.807, 2.05) is 37.3 Å². The Morgan fingerprint density at radius 1 is 0.933 bits per heavy atom. The molecule has 0 radical (unpaired) electrons. The number of rotatable bonds is 8. The van der Waals surface area contributed by atoms with E-state index < -0.39 is 11.9 Å². The zero-order chi connectivity index (χ0) is 21.8. The lowest BCUT2D eigenvalue weighted by Crippen LogP contribution is -2.49. The summed E-state index contributed by atoms with van der Waals surface area (Å²) >= 11 is 4.97. The Hall–Kier alpha value is -3.46. The van der Waals surface area contributed by atoms with Crippen molar-refractivity contribution >= 4 is 35.1 Å². The van der Waals surface area contributed by atoms with Crippen LogP contribution in [0.1, 0.15) is 29.3 Å². The zero-order valence-electron chi connectivity index (χ0n) is 16.5. The van der Waals surface area contributed by atoms with Crippen molar-refractivity contribution in [2.24, 2.45) is 0 Å². The second-order valence-electron chi connectivity index (χ2n) is 6.16. The number of nitrogens with one attached hydrogen (secondary N) is 3. The molecule has 0 aliphatic rings. The standard InChI is InChI=1S/C21H23N3O5S/c1-2-12-28-20(27)16-8-10-17(11-9-16)29-14-19(26)23-24-21(30)22-18(25)13-15-6-4-3-5-7-15/h3-11H,2,12-14H2,1H3,(H,23,26)(H2,22,24,25,30). The Morgan fingerprint density at radius 2 is 1.63 bits per heavy atom. The fourth-order valence-corrected chi connectivity index (χ4v) is 2.42. The summed E-state index contributed by atoms with van der Waals surface area (Å²) in [4.78, 5) is 35.5. The number of hydrogen-bond donors (Lipinski definition) is 3. The largest absolute Gasteiger partial charge is 0.484 e. The Balaban J connectivity index is 1.67. The van der Waals surface area contributed by atoms with Gasteiger partial charge in [-0.05, 0) is 48.5 Å². The molecule has 0 aliphatic carbocycles. The smallest absolute Gasteiger partial charge is 0.338 e. The van der Waals surface area contributed by atoms with Crippen LogP contribution in [0.25, 0.3) is 0 Å². The van der Waals surface area contributed by atoms with Crippen LogP contribution >= 0.6 is 12.2 Å². The first-order chi connectivity index (χ1) is 14.5. The summed E-state index contributed by atoms with van der Waals surface area (Å²) in [5.41, 5.74) is 6.02. The van der Waals surface area contributed by atoms with E-state index in [1.54, 1.807) is 24.3 Å². The molecule has 0 fully saturated rings. The molecule has 0 unspecified atom stereocenters. The third kappa shape index (κ3) is 8.27. The maximum Gasteiger partial charge on any atom is 0.338 e. The molecule has 2 aromatic carbocycles. The van der Waals surface area contributed by atoms with E-state index in [-0.39, 0.29) is 24.0 Å². The zero-order valence-corrected chi connectivity index (χ0v) is 17.3. The van der Waals surface area contributed by atoms with Crippen LogP contribution in [0.2, 0.25) is 0 Å². The summed E-state index contributed by atoms with van der Waals surface area (Å²) < 4.78 is 10.4. The molecule has 2 rings (SSSR count). The molecule has 0 aliphatic heterocycles. The summed E-state index contributed by atoms with van der Waals surface area (Å²) in [6.07, 6.45) is 0.915. The van der Waals surface area contributed by atoms with E-state index in [4.69, 9.17) is 21.7 Å². The average Bonchev–Trinajstić information content (AvgIpc) is 2.75. The number of carbonyl (C=O) groups is 3. The molecule has 0 aromatic heterocycles. The normalized spacial score (nSPS) is 9.90. The number of hydrogen-bond acceptors (Lipinski definition) is 6. The second-order valence-corrected chi connectivity index (χ2v) is 6.57. The van der Waals surface area contributed by atoms with E-state index in [1.165, 1.54) is 0 Å². The first-order valence-corrected chi connectivity index (χ1v) is 9.71. The van der Waals surface area contributed by atoms with Gasteiger partial charge in [0, 0.05) is 0 Å². The van der Waals surface area contributed by atoms with Crippen molar-refractivity contribution in [3.8, 4) is 5.75 Å². The van der Waals surface area contributed by atoms with Gasteiger partial charge in [-0.25, -0.2) is 4.79 Å². The van der Waals surface area contributed by atoms with Gasteiger partial charge in [0.2, 0.25) is 5.91 Å². The molecule has 2 aromatic rings. The van der Waals surface area contributed by atoms with E-state index >= 15 is 0 Å². The lowest BCUT2D eigenvalue weighted by molar-refractivity contribution is -0.124. The van der Waals surface area contributed by atoms with Gasteiger partial charge in [0.1, 0.15) is 5.75 Å². The van der Waals surface area contributed by atoms with Crippen LogP contribution in [0.4, 0.5) is 0 Å². The van der Waals surface area contributed by atoms with E-state index in [2.05, 4.69) is 16.2 Å². The summed E-state index contributed by atoms with van der Waals surface area (Å²) in [6.45, 7) is 1.99. The van der Waals surface area contributed by atoms with Crippen molar-refractivity contribution in [3.63, 3.8) is 0 Å². The number of amides is 2. The topological polar surface area (TPSA) is 106 Å². The minimum Gasteiger partial charge on any atom is -0.484 e. The highest BCUT2D eigenvalue weighted by atomic mass is 32.1. The fourth-order valence-electron chi connectivity index (χ4n) is 2.26. The number of benzene rings is 2. The molecular weight excluding hydrogens is 406 g/mol. The van der Waals surface area contributed by atoms with Crippen LogP contribution < -0.4 is 20.9 Å². The molecule has 0 bridgehead atoms. The van der Waals surface area contributed by atoms with Crippen molar-refractivity contribution in [1.29, 1.82) is 0 Å². The monoisotopic (exact) mass is 429 g/mol. The van der Waals surface area contributed by atoms with E-state index in [0.29, 0.717) is 17.9 Å². The van der Waals surface area contributed by atoms with Crippen molar-refractivity contribution in [3.05, 3.63) is 65.7 Å². The molecule has 9 heteroatoms. The summed E-state index contributed by atoms with van der Waals surface area (Å²) in [6, 6.07) is 15.4. The highest BCUT2D eigenvalue weighted by Crippen LogP contribution is 2.13. The molecule has 0 atom stereocenters. The lowest BCUT2D eigenvalue weighted by atomic mass is 10.1. The maximum absolute atomic E-state index is 11.9. The van der Waals surface area contributed by atoms with E-state index in [0.717, 1.165) is 12.0 Å². The third-order valence-corrected chi connectivity index (χ3v) is 3.88. The highest BCUT2D eigenvalue weighted by molar-refractivity contribution is 7.80. The van der Waals surface area contributed by atoms with Gasteiger partial charge in [-0.2, -0.15) is 0 Å². The molecule has 158 valence electrons. The fraction of sp³-hybridized carbons (Fsp3) is 0.238. The van der Waals surface area contributed by atoms with Gasteiger partial charge in [-0.3, -0.25) is 20.4 Å². The number of ether oxygens (including phenoxy) is 2. The molecule has 3 N–H and O–H groups in total. The van der Waals surface area contributed by atoms with Gasteiger partial charge < -0.3 is 14.8 Å². The van der Waals surface area contributed by atoms with Crippen molar-refractivity contribution in [2.75, 3.05) is 13.2 Å². The van der Waals surface area contributed by atoms with Crippen molar-refractivity contribution < 1.29 is 23.9 Å². The molecule has 0 spiro atoms. The maximum atomic E-state index is 11.9. The lowest BCUT2D eigenvalue weighted by Gasteiger charge is -2.11. The summed E-state index contributed by atoms with van der Waals surface area (Å²) in [7, 11) is 0. The number of thiocarbonyl (C=S) groups is 1. The van der Waals surface area contributed by atoms with Crippen LogP contribution in [0.15, 0.2) is 54.6 Å². The molecule has 0 saturated heterocycles. The summed E-state index contributed by atoms with van der Waals surface area (Å²) in [5.74, 6) is -0.799. The number of hydrazine groups is 1. The van der Waals surface area contributed by atoms with Gasteiger partial charge in [0.25, 0.3) is 5.91 Å². The van der Waals surface area contributed by atoms with Crippen molar-refractivity contribution in [2.45, 2.75) is 19.8 Å². The minimum atomic E-state index is -0.499. The molecule has 0 saturated carbocycles. The molecular formula is C21H23N3O5S. The number of esters is 1. The van der Waals surface area contributed by atoms with Gasteiger partial charge in [-0.15, -0.1) is 0 Å². The minimum absolute atomic E-state index is 0.0285. The van der Waals surface area contributed by atoms with Gasteiger partial charge in [-0.1, -0.05) is 37.3 Å². The Morgan fingerprint density at radius 3 is 2.30 bits per heavy atom. The van der Waals surface area contributed by atoms with Crippen LogP contribution in [0, 0.1) is 0 Å². The molecule has 30 heavy (non-hydrogen) atoms. The van der Waals surface area contributed by atoms with Gasteiger partial charge >= 0.3 is 5.97 Å². The van der Waals surface area contributed by atoms with Gasteiger partial charge in [0.05, 0.1) is 18.6 Å². The van der Waals surface area contributed by atoms with Crippen LogP contribution in [0.3, 0.4) is 0 Å². The average molecular weight is 429 g/mol. The number of carbonyl (C=O) groups excluding carboxylic acids is 3. The highest BCUT2D eigenvalue weighted by Gasteiger charge is 2.09. The van der Waals surface area contributed by atoms with Crippen LogP contribution in [-0.2, 0) is 20.7 Å². The second kappa shape index (κ2) is 12.2. The first-order valence-electron chi connectivity index (χ1n) is 9.30. The van der Waals surface area contributed by atoms with Crippen LogP contribution in [0.5, 0.6) is 5.75 Å². The predicted molar refractivity (Wildman–Crippen MR) is 115 cm³/mol. The van der Waals surface area contributed by atoms with E-state index in [9.17, 15) is 14.4 Å². The third-order valence-electron chi connectivity index (χ3n) is 3.67. The van der Waals surface area contributed by atoms with Crippen molar-refractivity contribution in [1.82, 2.24) is 16.2 Å². The predicted octanol–water partition coefficient (Wildman–Crippen LogP) is 1.90. The van der Waals surface area contributed by atoms with Gasteiger partial charge in [0.15, 0.2) is 11.7 Å². The Bertz CT molecular complexity index is 872. The molecule has 2 amide bonds. The van der Waals surface area contributed by atoms with Crippen LogP contribution in [-0.4, -0.2) is 36.1 Å². The Labute approximate surface area is 179 Å². The summed E-state index contributed by atoms with van der Waals surface area (Å²) in [5, 5.41) is 2.44. The Kier molecular flexibility index (Phi) is 9.26. The SMILES string of the molecule is CCCOC(=O)c1ccc(OCC(=O)NNC(=S)NC(=O)Cc2ccccc2)cc1. The quantitative estimate of drug-likeness (QED) is 0.334.